The van der Waals surface area contributed by atoms with Crippen LogP contribution in [-0.4, -0.2) is 33.5 Å². The van der Waals surface area contributed by atoms with E-state index in [1.165, 1.54) is 0 Å². The van der Waals surface area contributed by atoms with Crippen LogP contribution < -0.4 is 9.47 Å². The predicted octanol–water partition coefficient (Wildman–Crippen LogP) is 3.75. The van der Waals surface area contributed by atoms with Crippen LogP contribution in [0.1, 0.15) is 0 Å². The van der Waals surface area contributed by atoms with Gasteiger partial charge in [0.05, 0.1) is 13.7 Å². The number of rotatable bonds is 6. The molecule has 0 radical (unpaired) electrons. The zero-order valence-electron chi connectivity index (χ0n) is 14.0. The van der Waals surface area contributed by atoms with Gasteiger partial charge >= 0.3 is 12.7 Å². The van der Waals surface area contributed by atoms with Crippen molar-refractivity contribution in [2.24, 2.45) is 0 Å². The van der Waals surface area contributed by atoms with E-state index >= 15 is 0 Å². The van der Waals surface area contributed by atoms with E-state index in [4.69, 9.17) is 0 Å². The first-order chi connectivity index (χ1) is 13.5. The zero-order valence-corrected chi connectivity index (χ0v) is 15.6. The first-order valence-corrected chi connectivity index (χ1v) is 10.1. The van der Waals surface area contributed by atoms with Crippen LogP contribution in [0.15, 0.2) is 58.3 Å². The van der Waals surface area contributed by atoms with E-state index in [1.54, 1.807) is 0 Å². The molecule has 0 bridgehead atoms. The van der Waals surface area contributed by atoms with Crippen LogP contribution >= 0.6 is 0 Å². The molecule has 0 spiro atoms. The van der Waals surface area contributed by atoms with Gasteiger partial charge < -0.3 is 9.47 Å². The van der Waals surface area contributed by atoms with E-state index in [9.17, 15) is 47.7 Å². The van der Waals surface area contributed by atoms with Gasteiger partial charge in [-0.2, -0.15) is 0 Å². The average Bonchev–Trinajstić information content (AvgIpc) is 2.59. The van der Waals surface area contributed by atoms with Gasteiger partial charge in [-0.1, -0.05) is 0 Å². The minimum absolute atomic E-state index is 0.457. The molecule has 16 heteroatoms. The Kier molecular flexibility index (Phi) is 6.25. The molecule has 2 aromatic rings. The van der Waals surface area contributed by atoms with E-state index in [0.29, 0.717) is 48.5 Å². The Hall–Kier alpha value is -2.59. The van der Waals surface area contributed by atoms with Crippen molar-refractivity contribution < 1.29 is 57.1 Å². The highest BCUT2D eigenvalue weighted by atomic mass is 32.3. The minimum Gasteiger partial charge on any atom is -0.406 e. The van der Waals surface area contributed by atoms with Gasteiger partial charge in [0.2, 0.25) is 0 Å². The quantitative estimate of drug-likeness (QED) is 0.459. The van der Waals surface area contributed by atoms with Gasteiger partial charge in [0, 0.05) is 0 Å². The van der Waals surface area contributed by atoms with Crippen LogP contribution in [0.2, 0.25) is 0 Å². The number of ether oxygens (including phenoxy) is 2. The molecule has 0 atom stereocenters. The molecule has 0 heterocycles. The van der Waals surface area contributed by atoms with Crippen molar-refractivity contribution in [3.05, 3.63) is 48.5 Å². The second-order valence-electron chi connectivity index (χ2n) is 5.20. The molecule has 0 N–H and O–H groups in total. The topological polar surface area (TPSA) is 90.0 Å². The summed E-state index contributed by atoms with van der Waals surface area (Å²) in [5, 5.41) is 0. The van der Waals surface area contributed by atoms with E-state index < -0.39 is 58.0 Å². The van der Waals surface area contributed by atoms with Crippen molar-refractivity contribution in [3.8, 4) is 11.5 Å². The summed E-state index contributed by atoms with van der Waals surface area (Å²) in [6.07, 6.45) is -10.2. The molecular weight excluding hydrogens is 475 g/mol. The summed E-state index contributed by atoms with van der Waals surface area (Å²) < 4.78 is 141. The molecule has 0 aliphatic carbocycles. The normalized spacial score (nSPS) is 13.3. The Morgan fingerprint density at radius 3 is 1.10 bits per heavy atom. The predicted molar refractivity (Wildman–Crippen MR) is 83.6 cm³/mol. The van der Waals surface area contributed by atoms with Crippen LogP contribution in [0, 0.1) is 0 Å². The van der Waals surface area contributed by atoms with Crippen LogP contribution in [0.3, 0.4) is 0 Å². The first kappa shape index (κ1) is 23.7. The number of hydrogen-bond donors (Lipinski definition) is 0. The standard InChI is InChI=1S/C14H8F7NO6S2/c15-13(16,17)27-9-1-5-11(6-2-9)29(23,24)22(21)30(25,26)12-7-3-10(4-8-12)28-14(18,19)20/h1-8H. The van der Waals surface area contributed by atoms with E-state index in [0.717, 1.165) is 0 Å². The van der Waals surface area contributed by atoms with Crippen molar-refractivity contribution in [1.29, 1.82) is 0 Å². The fourth-order valence-electron chi connectivity index (χ4n) is 1.92. The van der Waals surface area contributed by atoms with Crippen molar-refractivity contribution >= 4 is 20.0 Å². The van der Waals surface area contributed by atoms with Gasteiger partial charge in [-0.05, 0) is 48.5 Å². The van der Waals surface area contributed by atoms with Gasteiger partial charge in [-0.3, -0.25) is 0 Å². The zero-order chi connectivity index (χ0) is 23.0. The van der Waals surface area contributed by atoms with Crippen LogP contribution in [0.25, 0.3) is 0 Å². The molecule has 0 saturated carbocycles. The van der Waals surface area contributed by atoms with Crippen LogP contribution in [-0.2, 0) is 20.0 Å². The van der Waals surface area contributed by atoms with Gasteiger partial charge in [-0.15, -0.1) is 30.8 Å². The highest BCUT2D eigenvalue weighted by Crippen LogP contribution is 2.29. The monoisotopic (exact) mass is 483 g/mol. The molecule has 0 fully saturated rings. The average molecular weight is 483 g/mol. The fourth-order valence-corrected chi connectivity index (χ4v) is 4.76. The lowest BCUT2D eigenvalue weighted by Crippen LogP contribution is -2.30. The molecule has 0 saturated heterocycles. The first-order valence-electron chi connectivity index (χ1n) is 7.20. The molecule has 30 heavy (non-hydrogen) atoms. The maximum Gasteiger partial charge on any atom is 0.573 e. The van der Waals surface area contributed by atoms with Crippen molar-refractivity contribution in [2.45, 2.75) is 22.5 Å². The number of sulfonamides is 2. The van der Waals surface area contributed by atoms with Crippen molar-refractivity contribution in [3.63, 3.8) is 0 Å². The van der Waals surface area contributed by atoms with E-state index in [1.807, 2.05) is 0 Å². The summed E-state index contributed by atoms with van der Waals surface area (Å²) >= 11 is 0. The fraction of sp³-hybridized carbons (Fsp3) is 0.143. The second kappa shape index (κ2) is 7.92. The largest absolute Gasteiger partial charge is 0.573 e. The molecular formula is C14H8F7NO6S2. The van der Waals surface area contributed by atoms with Crippen LogP contribution in [0.5, 0.6) is 11.5 Å². The Morgan fingerprint density at radius 1 is 0.600 bits per heavy atom. The number of halogens is 7. The summed E-state index contributed by atoms with van der Waals surface area (Å²) in [5.74, 6) is -1.70. The Labute approximate surface area is 164 Å². The third kappa shape index (κ3) is 5.73. The molecule has 166 valence electrons. The smallest absolute Gasteiger partial charge is 0.406 e. The third-order valence-electron chi connectivity index (χ3n) is 3.09. The highest BCUT2D eigenvalue weighted by Gasteiger charge is 2.38. The lowest BCUT2D eigenvalue weighted by molar-refractivity contribution is -0.275. The SMILES string of the molecule is O=S(=O)(c1ccc(OC(F)(F)F)cc1)N(F)S(=O)(=O)c1ccc(OC(F)(F)F)cc1. The molecule has 0 amide bonds. The van der Waals surface area contributed by atoms with Crippen molar-refractivity contribution in [2.75, 3.05) is 0 Å². The third-order valence-corrected chi connectivity index (χ3v) is 6.76. The Balaban J connectivity index is 2.29. The molecule has 0 unspecified atom stereocenters. The van der Waals surface area contributed by atoms with Gasteiger partial charge in [0.25, 0.3) is 20.0 Å². The number of hydrogen-bond acceptors (Lipinski definition) is 6. The summed E-state index contributed by atoms with van der Waals surface area (Å²) in [6, 6.07) is 3.84. The van der Waals surface area contributed by atoms with Gasteiger partial charge in [-0.25, -0.2) is 16.8 Å². The maximum absolute atomic E-state index is 14.3. The molecule has 0 aliphatic heterocycles. The molecule has 2 rings (SSSR count). The van der Waals surface area contributed by atoms with E-state index in [2.05, 4.69) is 9.47 Å². The Morgan fingerprint density at radius 2 is 0.867 bits per heavy atom. The van der Waals surface area contributed by atoms with E-state index in [-0.39, 0.29) is 0 Å². The van der Waals surface area contributed by atoms with Gasteiger partial charge in [0.1, 0.15) is 11.5 Å². The molecule has 0 aliphatic rings. The highest BCUT2D eigenvalue weighted by molar-refractivity contribution is 8.03. The number of nitrogens with zero attached hydrogens (tertiary/aromatic N) is 1. The molecule has 7 nitrogen and oxygen atoms in total. The lowest BCUT2D eigenvalue weighted by Gasteiger charge is -2.14. The summed E-state index contributed by atoms with van der Waals surface area (Å²) in [7, 11) is -10.8. The van der Waals surface area contributed by atoms with Gasteiger partial charge in [0.15, 0.2) is 0 Å². The second-order valence-corrected chi connectivity index (χ2v) is 8.92. The summed E-state index contributed by atoms with van der Waals surface area (Å²) in [6.45, 7) is 0. The Bertz CT molecular complexity index is 1010. The lowest BCUT2D eigenvalue weighted by atomic mass is 10.3. The number of benzene rings is 2. The van der Waals surface area contributed by atoms with Crippen molar-refractivity contribution in [1.82, 2.24) is 3.93 Å². The summed E-state index contributed by atoms with van der Waals surface area (Å²) in [4.78, 5) is -2.08. The number of alkyl halides is 6. The minimum atomic E-state index is -5.41. The maximum atomic E-state index is 14.3. The molecule has 0 aromatic heterocycles. The van der Waals surface area contributed by atoms with Crippen LogP contribution in [0.4, 0.5) is 30.8 Å². The molecule has 2 aromatic carbocycles. The summed E-state index contributed by atoms with van der Waals surface area (Å²) in [5.41, 5.74) is 0.